The smallest absolute Gasteiger partial charge is 0.234 e. The first-order valence-corrected chi connectivity index (χ1v) is 11.7. The van der Waals surface area contributed by atoms with Crippen LogP contribution in [0.15, 0.2) is 36.8 Å². The van der Waals surface area contributed by atoms with Gasteiger partial charge in [0, 0.05) is 38.8 Å². The van der Waals surface area contributed by atoms with Crippen LogP contribution in [0.4, 0.5) is 0 Å². The Hall–Kier alpha value is -2.88. The number of imidazole rings is 1. The zero-order valence-electron chi connectivity index (χ0n) is 18.6. The molecule has 1 N–H and O–H groups in total. The number of pyridine rings is 1. The topological polar surface area (TPSA) is 79.2 Å². The second kappa shape index (κ2) is 8.57. The summed E-state index contributed by atoms with van der Waals surface area (Å²) in [6.45, 7) is 6.36. The van der Waals surface area contributed by atoms with Crippen LogP contribution >= 0.6 is 11.3 Å². The van der Waals surface area contributed by atoms with Crippen molar-refractivity contribution in [3.63, 3.8) is 0 Å². The molecule has 1 amide bonds. The van der Waals surface area contributed by atoms with Crippen LogP contribution in [0.2, 0.25) is 0 Å². The highest BCUT2D eigenvalue weighted by atomic mass is 32.1. The van der Waals surface area contributed by atoms with Crippen LogP contribution < -0.4 is 5.32 Å². The maximum Gasteiger partial charge on any atom is 0.234 e. The molecule has 1 saturated heterocycles. The van der Waals surface area contributed by atoms with Crippen molar-refractivity contribution in [1.82, 2.24) is 34.6 Å². The molecule has 1 fully saturated rings. The van der Waals surface area contributed by atoms with Crippen molar-refractivity contribution < 1.29 is 4.79 Å². The van der Waals surface area contributed by atoms with Crippen LogP contribution in [-0.4, -0.2) is 75.0 Å². The second-order valence-corrected chi connectivity index (χ2v) is 9.49. The normalized spacial score (nSPS) is 16.6. The number of nitrogens with one attached hydrogen (secondary N) is 1. The molecule has 166 valence electrons. The van der Waals surface area contributed by atoms with Gasteiger partial charge in [-0.15, -0.1) is 0 Å². The second-order valence-electron chi connectivity index (χ2n) is 8.51. The summed E-state index contributed by atoms with van der Waals surface area (Å²) in [5.74, 6) is 0.0650. The molecule has 4 aromatic rings. The maximum absolute atomic E-state index is 12.6. The molecule has 0 spiro atoms. The number of carbonyl (C=O) groups excluding carboxylic acids is 1. The van der Waals surface area contributed by atoms with Crippen LogP contribution in [0.1, 0.15) is 18.5 Å². The molecule has 32 heavy (non-hydrogen) atoms. The number of aromatic nitrogens is 4. The number of benzene rings is 1. The molecule has 9 heteroatoms. The van der Waals surface area contributed by atoms with Gasteiger partial charge in [-0.05, 0) is 25.6 Å². The van der Waals surface area contributed by atoms with Crippen LogP contribution in [0, 0.1) is 0 Å². The number of amides is 1. The quantitative estimate of drug-likeness (QED) is 0.505. The fourth-order valence-electron chi connectivity index (χ4n) is 4.15. The lowest BCUT2D eigenvalue weighted by Gasteiger charge is -2.32. The minimum absolute atomic E-state index is 0.0650. The highest BCUT2D eigenvalue weighted by Gasteiger charge is 2.19. The highest BCUT2D eigenvalue weighted by molar-refractivity contribution is 7.21. The van der Waals surface area contributed by atoms with E-state index in [1.54, 1.807) is 23.9 Å². The first kappa shape index (κ1) is 21.0. The third-order valence-corrected chi connectivity index (χ3v) is 7.09. The molecule has 0 bridgehead atoms. The van der Waals surface area contributed by atoms with E-state index in [9.17, 15) is 4.79 Å². The van der Waals surface area contributed by atoms with Crippen molar-refractivity contribution in [1.29, 1.82) is 0 Å². The molecule has 1 aliphatic heterocycles. The number of likely N-dealkylation sites (N-methyl/N-ethyl adjacent to an activating group) is 1. The van der Waals surface area contributed by atoms with Crippen molar-refractivity contribution in [2.45, 2.75) is 13.0 Å². The Morgan fingerprint density at radius 2 is 2.00 bits per heavy atom. The van der Waals surface area contributed by atoms with E-state index in [4.69, 9.17) is 4.98 Å². The van der Waals surface area contributed by atoms with Crippen molar-refractivity contribution in [3.8, 4) is 10.6 Å². The first-order valence-electron chi connectivity index (χ1n) is 10.8. The number of hydrogen-bond acceptors (Lipinski definition) is 7. The molecule has 0 unspecified atom stereocenters. The Morgan fingerprint density at radius 3 is 2.81 bits per heavy atom. The van der Waals surface area contributed by atoms with Crippen LogP contribution in [0.25, 0.3) is 32.0 Å². The van der Waals surface area contributed by atoms with Gasteiger partial charge < -0.3 is 14.8 Å². The molecular weight excluding hydrogens is 422 g/mol. The largest absolute Gasteiger partial charge is 0.348 e. The summed E-state index contributed by atoms with van der Waals surface area (Å²) in [4.78, 5) is 31.8. The number of rotatable bonds is 5. The lowest BCUT2D eigenvalue weighted by atomic mass is 10.1. The van der Waals surface area contributed by atoms with Gasteiger partial charge in [0.1, 0.15) is 20.9 Å². The van der Waals surface area contributed by atoms with Crippen molar-refractivity contribution in [2.75, 3.05) is 39.8 Å². The van der Waals surface area contributed by atoms with Crippen molar-refractivity contribution >= 4 is 38.6 Å². The number of nitrogens with zero attached hydrogens (tertiary/aromatic N) is 6. The van der Waals surface area contributed by atoms with E-state index >= 15 is 0 Å². The van der Waals surface area contributed by atoms with Gasteiger partial charge in [0.25, 0.3) is 0 Å². The Balaban J connectivity index is 1.33. The SMILES string of the molecule is C[C@H](NC(=O)CN1CCN(C)CC1)c1cccc(-c2nc3c(ncc4ncn(C)c43)s2)c1. The number of carbonyl (C=O) groups is 1. The third-order valence-electron chi connectivity index (χ3n) is 6.08. The van der Waals surface area contributed by atoms with Gasteiger partial charge in [-0.1, -0.05) is 29.5 Å². The van der Waals surface area contributed by atoms with Crippen molar-refractivity contribution in [2.24, 2.45) is 7.05 Å². The molecule has 3 aromatic heterocycles. The summed E-state index contributed by atoms with van der Waals surface area (Å²) in [6.07, 6.45) is 3.59. The van der Waals surface area contributed by atoms with E-state index in [0.717, 1.165) is 63.7 Å². The highest BCUT2D eigenvalue weighted by Crippen LogP contribution is 2.33. The Labute approximate surface area is 190 Å². The van der Waals surface area contributed by atoms with E-state index in [1.807, 2.05) is 24.6 Å². The average Bonchev–Trinajstić information content (AvgIpc) is 3.39. The lowest BCUT2D eigenvalue weighted by Crippen LogP contribution is -2.48. The number of thiazole rings is 1. The molecular formula is C23H27N7OS. The molecule has 1 aromatic carbocycles. The number of fused-ring (bicyclic) bond motifs is 3. The minimum Gasteiger partial charge on any atom is -0.348 e. The summed E-state index contributed by atoms with van der Waals surface area (Å²) in [6, 6.07) is 8.16. The lowest BCUT2D eigenvalue weighted by molar-refractivity contribution is -0.123. The van der Waals surface area contributed by atoms with Gasteiger partial charge in [-0.2, -0.15) is 0 Å². The number of hydrogen-bond donors (Lipinski definition) is 1. The fourth-order valence-corrected chi connectivity index (χ4v) is 5.06. The maximum atomic E-state index is 12.6. The van der Waals surface area contributed by atoms with Gasteiger partial charge in [0.2, 0.25) is 5.91 Å². The van der Waals surface area contributed by atoms with Gasteiger partial charge in [-0.3, -0.25) is 9.69 Å². The van der Waals surface area contributed by atoms with E-state index in [-0.39, 0.29) is 11.9 Å². The summed E-state index contributed by atoms with van der Waals surface area (Å²) >= 11 is 1.57. The van der Waals surface area contributed by atoms with E-state index in [0.29, 0.717) is 6.54 Å². The summed E-state index contributed by atoms with van der Waals surface area (Å²) in [5.41, 5.74) is 4.81. The summed E-state index contributed by atoms with van der Waals surface area (Å²) < 4.78 is 1.98. The van der Waals surface area contributed by atoms with Crippen LogP contribution in [0.5, 0.6) is 0 Å². The Bertz CT molecular complexity index is 1270. The zero-order valence-corrected chi connectivity index (χ0v) is 19.4. The van der Waals surface area contributed by atoms with E-state index in [1.165, 1.54) is 0 Å². The van der Waals surface area contributed by atoms with Crippen LogP contribution in [0.3, 0.4) is 0 Å². The Morgan fingerprint density at radius 1 is 1.19 bits per heavy atom. The summed E-state index contributed by atoms with van der Waals surface area (Å²) in [7, 11) is 4.09. The fraction of sp³-hybridized carbons (Fsp3) is 0.391. The number of piperazine rings is 1. The number of aryl methyl sites for hydroxylation is 1. The minimum atomic E-state index is -0.0776. The predicted molar refractivity (Wildman–Crippen MR) is 128 cm³/mol. The van der Waals surface area contributed by atoms with Gasteiger partial charge >= 0.3 is 0 Å². The monoisotopic (exact) mass is 449 g/mol. The van der Waals surface area contributed by atoms with E-state index < -0.39 is 0 Å². The Kier molecular flexibility index (Phi) is 5.62. The molecule has 0 radical (unpaired) electrons. The molecule has 0 saturated carbocycles. The van der Waals surface area contributed by atoms with Gasteiger partial charge in [-0.25, -0.2) is 15.0 Å². The standard InChI is InChI=1S/C23H27N7OS/c1-15(26-19(31)13-30-9-7-28(2)8-10-30)16-5-4-6-17(11-16)22-27-20-21-18(25-14-29(21)3)12-24-23(20)32-22/h4-6,11-12,14-15H,7-10,13H2,1-3H3,(H,26,31)/t15-/m0/s1. The zero-order chi connectivity index (χ0) is 22.2. The van der Waals surface area contributed by atoms with E-state index in [2.05, 4.69) is 50.3 Å². The summed E-state index contributed by atoms with van der Waals surface area (Å²) in [5, 5.41) is 4.07. The first-order chi connectivity index (χ1) is 15.5. The van der Waals surface area contributed by atoms with Gasteiger partial charge in [0.15, 0.2) is 0 Å². The molecule has 1 aliphatic rings. The molecule has 1 atom stereocenters. The predicted octanol–water partition coefficient (Wildman–Crippen LogP) is 2.67. The molecule has 0 aliphatic carbocycles. The molecule has 8 nitrogen and oxygen atoms in total. The van der Waals surface area contributed by atoms with Crippen molar-refractivity contribution in [3.05, 3.63) is 42.4 Å². The average molecular weight is 450 g/mol. The van der Waals surface area contributed by atoms with Crippen LogP contribution in [-0.2, 0) is 11.8 Å². The molecule has 4 heterocycles. The van der Waals surface area contributed by atoms with Gasteiger partial charge in [0.05, 0.1) is 30.6 Å². The third kappa shape index (κ3) is 4.11. The molecule has 5 rings (SSSR count).